The van der Waals surface area contributed by atoms with Crippen molar-refractivity contribution in [1.82, 2.24) is 10.2 Å². The number of nitrogen functional groups attached to an aromatic ring is 1. The van der Waals surface area contributed by atoms with Crippen LogP contribution >= 0.6 is 11.6 Å². The largest absolute Gasteiger partial charge is 0.398 e. The molecule has 0 bridgehead atoms. The average molecular weight is 306 g/mol. The van der Waals surface area contributed by atoms with E-state index in [9.17, 15) is 9.59 Å². The first-order chi connectivity index (χ1) is 9.97. The SMILES string of the molecule is C=C1C=CN(CCNC(=O)c2cc(Cl)ccc2N)C(=O)C1. The molecule has 110 valence electrons. The summed E-state index contributed by atoms with van der Waals surface area (Å²) in [5, 5.41) is 3.16. The molecule has 1 heterocycles. The Morgan fingerprint density at radius 3 is 2.95 bits per heavy atom. The van der Waals surface area contributed by atoms with Crippen LogP contribution < -0.4 is 11.1 Å². The second-order valence-corrected chi connectivity index (χ2v) is 5.16. The number of hydrogen-bond donors (Lipinski definition) is 2. The third-order valence-corrected chi connectivity index (χ3v) is 3.32. The standard InChI is InChI=1S/C15H16ClN3O2/c1-10-4-6-19(14(20)8-10)7-5-18-15(21)12-9-11(16)2-3-13(12)17/h2-4,6,9H,1,5,7-8,17H2,(H,18,21). The Morgan fingerprint density at radius 2 is 2.24 bits per heavy atom. The molecule has 0 saturated heterocycles. The van der Waals surface area contributed by atoms with E-state index in [-0.39, 0.29) is 11.8 Å². The fraction of sp³-hybridized carbons (Fsp3) is 0.200. The Hall–Kier alpha value is -2.27. The molecule has 0 fully saturated rings. The number of anilines is 1. The first kappa shape index (κ1) is 15.1. The van der Waals surface area contributed by atoms with Crippen LogP contribution in [0.2, 0.25) is 5.02 Å². The van der Waals surface area contributed by atoms with Crippen molar-refractivity contribution in [2.24, 2.45) is 0 Å². The van der Waals surface area contributed by atoms with Crippen LogP contribution in [0.4, 0.5) is 5.69 Å². The predicted octanol–water partition coefficient (Wildman–Crippen LogP) is 1.95. The second-order valence-electron chi connectivity index (χ2n) is 4.73. The number of nitrogens with one attached hydrogen (secondary N) is 1. The van der Waals surface area contributed by atoms with E-state index in [0.29, 0.717) is 35.8 Å². The minimum Gasteiger partial charge on any atom is -0.398 e. The molecule has 0 aliphatic carbocycles. The number of nitrogens with two attached hydrogens (primary N) is 1. The molecular weight excluding hydrogens is 290 g/mol. The summed E-state index contributed by atoms with van der Waals surface area (Å²) < 4.78 is 0. The average Bonchev–Trinajstić information content (AvgIpc) is 2.43. The normalized spacial score (nSPS) is 14.4. The zero-order valence-electron chi connectivity index (χ0n) is 11.4. The second kappa shape index (κ2) is 6.45. The van der Waals surface area contributed by atoms with E-state index in [1.54, 1.807) is 29.3 Å². The van der Waals surface area contributed by atoms with Gasteiger partial charge in [-0.3, -0.25) is 9.59 Å². The van der Waals surface area contributed by atoms with Crippen LogP contribution in [0.25, 0.3) is 0 Å². The number of nitrogens with zero attached hydrogens (tertiary/aromatic N) is 1. The van der Waals surface area contributed by atoms with Gasteiger partial charge in [-0.05, 0) is 29.8 Å². The van der Waals surface area contributed by atoms with Gasteiger partial charge in [-0.2, -0.15) is 0 Å². The maximum atomic E-state index is 12.0. The van der Waals surface area contributed by atoms with Gasteiger partial charge in [0.1, 0.15) is 0 Å². The Kier molecular flexibility index (Phi) is 4.65. The maximum Gasteiger partial charge on any atom is 0.253 e. The van der Waals surface area contributed by atoms with Gasteiger partial charge in [0, 0.05) is 30.0 Å². The van der Waals surface area contributed by atoms with Crippen LogP contribution in [0.15, 0.2) is 42.6 Å². The highest BCUT2D eigenvalue weighted by Gasteiger charge is 2.16. The van der Waals surface area contributed by atoms with E-state index < -0.39 is 0 Å². The van der Waals surface area contributed by atoms with E-state index in [0.717, 1.165) is 5.57 Å². The summed E-state index contributed by atoms with van der Waals surface area (Å²) in [5.41, 5.74) is 7.21. The summed E-state index contributed by atoms with van der Waals surface area (Å²) >= 11 is 5.84. The summed E-state index contributed by atoms with van der Waals surface area (Å²) in [7, 11) is 0. The van der Waals surface area contributed by atoms with Crippen molar-refractivity contribution >= 4 is 29.1 Å². The van der Waals surface area contributed by atoms with Crippen LogP contribution in [-0.4, -0.2) is 29.8 Å². The number of hydrogen-bond acceptors (Lipinski definition) is 3. The fourth-order valence-corrected chi connectivity index (χ4v) is 2.11. The summed E-state index contributed by atoms with van der Waals surface area (Å²) in [5.74, 6) is -0.341. The topological polar surface area (TPSA) is 75.4 Å². The Morgan fingerprint density at radius 1 is 1.48 bits per heavy atom. The molecule has 5 nitrogen and oxygen atoms in total. The zero-order valence-corrected chi connectivity index (χ0v) is 12.2. The van der Waals surface area contributed by atoms with Crippen molar-refractivity contribution in [3.8, 4) is 0 Å². The monoisotopic (exact) mass is 305 g/mol. The summed E-state index contributed by atoms with van der Waals surface area (Å²) in [4.78, 5) is 25.3. The van der Waals surface area contributed by atoms with Gasteiger partial charge >= 0.3 is 0 Å². The van der Waals surface area contributed by atoms with Crippen LogP contribution in [0.5, 0.6) is 0 Å². The van der Waals surface area contributed by atoms with Crippen molar-refractivity contribution in [3.63, 3.8) is 0 Å². The third-order valence-electron chi connectivity index (χ3n) is 3.09. The van der Waals surface area contributed by atoms with Gasteiger partial charge in [0.2, 0.25) is 5.91 Å². The van der Waals surface area contributed by atoms with Crippen LogP contribution in [0.3, 0.4) is 0 Å². The minimum atomic E-state index is -0.312. The number of halogens is 1. The van der Waals surface area contributed by atoms with Crippen molar-refractivity contribution in [3.05, 3.63) is 53.2 Å². The predicted molar refractivity (Wildman–Crippen MR) is 82.8 cm³/mol. The smallest absolute Gasteiger partial charge is 0.253 e. The minimum absolute atomic E-state index is 0.0287. The molecule has 2 rings (SSSR count). The van der Waals surface area contributed by atoms with Crippen molar-refractivity contribution < 1.29 is 9.59 Å². The summed E-state index contributed by atoms with van der Waals surface area (Å²) in [6.45, 7) is 4.46. The zero-order chi connectivity index (χ0) is 15.4. The van der Waals surface area contributed by atoms with Crippen LogP contribution in [0, 0.1) is 0 Å². The molecule has 6 heteroatoms. The molecule has 0 aromatic heterocycles. The molecule has 2 amide bonds. The lowest BCUT2D eigenvalue weighted by Crippen LogP contribution is -2.36. The third kappa shape index (κ3) is 3.86. The first-order valence-corrected chi connectivity index (χ1v) is 6.84. The molecule has 0 unspecified atom stereocenters. The van der Waals surface area contributed by atoms with Gasteiger partial charge < -0.3 is 16.0 Å². The van der Waals surface area contributed by atoms with Crippen LogP contribution in [-0.2, 0) is 4.79 Å². The lowest BCUT2D eigenvalue weighted by molar-refractivity contribution is -0.128. The molecule has 0 atom stereocenters. The number of benzene rings is 1. The van der Waals surface area contributed by atoms with Gasteiger partial charge in [-0.1, -0.05) is 18.2 Å². The molecule has 3 N–H and O–H groups in total. The Labute approximate surface area is 128 Å². The van der Waals surface area contributed by atoms with E-state index in [4.69, 9.17) is 17.3 Å². The van der Waals surface area contributed by atoms with E-state index in [2.05, 4.69) is 11.9 Å². The lowest BCUT2D eigenvalue weighted by atomic mass is 10.1. The Balaban J connectivity index is 1.90. The highest BCUT2D eigenvalue weighted by molar-refractivity contribution is 6.31. The van der Waals surface area contributed by atoms with Crippen molar-refractivity contribution in [2.45, 2.75) is 6.42 Å². The molecule has 0 saturated carbocycles. The summed E-state index contributed by atoms with van der Waals surface area (Å²) in [6.07, 6.45) is 3.78. The lowest BCUT2D eigenvalue weighted by Gasteiger charge is -2.22. The molecule has 1 aromatic carbocycles. The molecule has 21 heavy (non-hydrogen) atoms. The summed E-state index contributed by atoms with van der Waals surface area (Å²) in [6, 6.07) is 4.72. The molecule has 1 aliphatic rings. The quantitative estimate of drug-likeness (QED) is 0.835. The maximum absolute atomic E-state index is 12.0. The molecule has 1 aliphatic heterocycles. The highest BCUT2D eigenvalue weighted by Crippen LogP contribution is 2.17. The number of amides is 2. The van der Waals surface area contributed by atoms with E-state index in [1.807, 2.05) is 0 Å². The number of carbonyl (C=O) groups is 2. The fourth-order valence-electron chi connectivity index (χ4n) is 1.94. The van der Waals surface area contributed by atoms with E-state index >= 15 is 0 Å². The van der Waals surface area contributed by atoms with Crippen molar-refractivity contribution in [2.75, 3.05) is 18.8 Å². The first-order valence-electron chi connectivity index (χ1n) is 6.46. The number of carbonyl (C=O) groups excluding carboxylic acids is 2. The molecule has 0 radical (unpaired) electrons. The Bertz CT molecular complexity index is 625. The number of allylic oxidation sites excluding steroid dienone is 1. The molecule has 0 spiro atoms. The van der Waals surface area contributed by atoms with Crippen LogP contribution in [0.1, 0.15) is 16.8 Å². The van der Waals surface area contributed by atoms with Gasteiger partial charge in [-0.15, -0.1) is 0 Å². The van der Waals surface area contributed by atoms with Gasteiger partial charge in [0.15, 0.2) is 0 Å². The van der Waals surface area contributed by atoms with Gasteiger partial charge in [-0.25, -0.2) is 0 Å². The van der Waals surface area contributed by atoms with E-state index in [1.165, 1.54) is 6.07 Å². The van der Waals surface area contributed by atoms with Gasteiger partial charge in [0.05, 0.1) is 12.0 Å². The number of rotatable bonds is 4. The highest BCUT2D eigenvalue weighted by atomic mass is 35.5. The van der Waals surface area contributed by atoms with Crippen molar-refractivity contribution in [1.29, 1.82) is 0 Å². The van der Waals surface area contributed by atoms with Gasteiger partial charge in [0.25, 0.3) is 5.91 Å². The molecular formula is C15H16ClN3O2. The molecule has 1 aromatic rings.